The smallest absolute Gasteiger partial charge is 0.0438 e. The van der Waals surface area contributed by atoms with Crippen LogP contribution in [0.5, 0.6) is 0 Å². The van der Waals surface area contributed by atoms with Crippen LogP contribution in [0.3, 0.4) is 0 Å². The number of rotatable bonds is 5. The Morgan fingerprint density at radius 3 is 2.47 bits per heavy atom. The number of hydrogen-bond donors (Lipinski definition) is 1. The largest absolute Gasteiger partial charge is 0.310 e. The first-order valence-corrected chi connectivity index (χ1v) is 7.12. The van der Waals surface area contributed by atoms with E-state index in [1.165, 1.54) is 11.1 Å². The zero-order valence-electron chi connectivity index (χ0n) is 11.5. The molecule has 0 aliphatic rings. The Balaban J connectivity index is 2.21. The van der Waals surface area contributed by atoms with Crippen LogP contribution in [0, 0.1) is 6.92 Å². The zero-order valence-corrected chi connectivity index (χ0v) is 12.2. The number of halogens is 1. The molecule has 2 aromatic carbocycles. The Morgan fingerprint density at radius 1 is 1.11 bits per heavy atom. The molecule has 100 valence electrons. The third kappa shape index (κ3) is 3.82. The molecule has 0 bridgehead atoms. The Kier molecular flexibility index (Phi) is 5.00. The van der Waals surface area contributed by atoms with Gasteiger partial charge in [0.1, 0.15) is 0 Å². The SMILES string of the molecule is CCNC(Cc1ccccc1)c1ccc(C)c(Cl)c1. The summed E-state index contributed by atoms with van der Waals surface area (Å²) in [7, 11) is 0. The van der Waals surface area contributed by atoms with E-state index in [0.717, 1.165) is 23.6 Å². The lowest BCUT2D eigenvalue weighted by Gasteiger charge is -2.19. The number of benzene rings is 2. The molecule has 0 radical (unpaired) electrons. The van der Waals surface area contributed by atoms with E-state index in [-0.39, 0.29) is 0 Å². The van der Waals surface area contributed by atoms with Crippen molar-refractivity contribution in [3.63, 3.8) is 0 Å². The van der Waals surface area contributed by atoms with Crippen molar-refractivity contribution in [1.29, 1.82) is 0 Å². The van der Waals surface area contributed by atoms with E-state index in [9.17, 15) is 0 Å². The minimum absolute atomic E-state index is 0.311. The predicted molar refractivity (Wildman–Crippen MR) is 82.8 cm³/mol. The summed E-state index contributed by atoms with van der Waals surface area (Å²) in [6.45, 7) is 5.11. The van der Waals surface area contributed by atoms with Gasteiger partial charge >= 0.3 is 0 Å². The second-order valence-corrected chi connectivity index (χ2v) is 5.22. The molecule has 1 unspecified atom stereocenters. The van der Waals surface area contributed by atoms with Crippen molar-refractivity contribution in [2.24, 2.45) is 0 Å². The third-order valence-corrected chi connectivity index (χ3v) is 3.74. The molecular weight excluding hydrogens is 254 g/mol. The van der Waals surface area contributed by atoms with Gasteiger partial charge in [-0.2, -0.15) is 0 Å². The van der Waals surface area contributed by atoms with Gasteiger partial charge in [0.25, 0.3) is 0 Å². The van der Waals surface area contributed by atoms with Gasteiger partial charge in [0.05, 0.1) is 0 Å². The Morgan fingerprint density at radius 2 is 1.84 bits per heavy atom. The molecule has 2 aromatic rings. The quantitative estimate of drug-likeness (QED) is 0.843. The lowest BCUT2D eigenvalue weighted by atomic mass is 9.98. The molecule has 2 rings (SSSR count). The minimum atomic E-state index is 0.311. The van der Waals surface area contributed by atoms with Gasteiger partial charge in [-0.25, -0.2) is 0 Å². The molecule has 1 atom stereocenters. The highest BCUT2D eigenvalue weighted by Crippen LogP contribution is 2.24. The van der Waals surface area contributed by atoms with Crippen molar-refractivity contribution in [3.05, 3.63) is 70.2 Å². The standard InChI is InChI=1S/C17H20ClN/c1-3-19-17(11-14-7-5-4-6-8-14)15-10-9-13(2)16(18)12-15/h4-10,12,17,19H,3,11H2,1-2H3. The van der Waals surface area contributed by atoms with Crippen LogP contribution in [-0.2, 0) is 6.42 Å². The summed E-state index contributed by atoms with van der Waals surface area (Å²) in [5.74, 6) is 0. The van der Waals surface area contributed by atoms with Crippen LogP contribution in [0.4, 0.5) is 0 Å². The van der Waals surface area contributed by atoms with Crippen molar-refractivity contribution in [2.45, 2.75) is 26.3 Å². The summed E-state index contributed by atoms with van der Waals surface area (Å²) < 4.78 is 0. The van der Waals surface area contributed by atoms with Crippen molar-refractivity contribution >= 4 is 11.6 Å². The average molecular weight is 274 g/mol. The zero-order chi connectivity index (χ0) is 13.7. The summed E-state index contributed by atoms with van der Waals surface area (Å²) in [4.78, 5) is 0. The topological polar surface area (TPSA) is 12.0 Å². The van der Waals surface area contributed by atoms with Crippen LogP contribution in [0.25, 0.3) is 0 Å². The maximum absolute atomic E-state index is 6.23. The van der Waals surface area contributed by atoms with Crippen molar-refractivity contribution in [1.82, 2.24) is 5.32 Å². The molecule has 0 heterocycles. The Labute approximate surface area is 120 Å². The Hall–Kier alpha value is -1.31. The molecule has 1 N–H and O–H groups in total. The molecule has 0 aliphatic heterocycles. The van der Waals surface area contributed by atoms with E-state index in [0.29, 0.717) is 6.04 Å². The van der Waals surface area contributed by atoms with Crippen molar-refractivity contribution in [3.8, 4) is 0 Å². The fourth-order valence-electron chi connectivity index (χ4n) is 2.23. The molecule has 0 aromatic heterocycles. The predicted octanol–water partition coefficient (Wildman–Crippen LogP) is 4.54. The van der Waals surface area contributed by atoms with Crippen molar-refractivity contribution < 1.29 is 0 Å². The maximum atomic E-state index is 6.23. The molecule has 0 amide bonds. The van der Waals surface area contributed by atoms with Gasteiger partial charge in [-0.3, -0.25) is 0 Å². The Bertz CT molecular complexity index is 522. The van der Waals surface area contributed by atoms with E-state index in [1.807, 2.05) is 6.92 Å². The normalized spacial score (nSPS) is 12.4. The fourth-order valence-corrected chi connectivity index (χ4v) is 2.42. The van der Waals surface area contributed by atoms with Gasteiger partial charge in [0, 0.05) is 11.1 Å². The number of likely N-dealkylation sites (N-methyl/N-ethyl adjacent to an activating group) is 1. The van der Waals surface area contributed by atoms with E-state index < -0.39 is 0 Å². The van der Waals surface area contributed by atoms with Gasteiger partial charge in [-0.1, -0.05) is 61.0 Å². The monoisotopic (exact) mass is 273 g/mol. The summed E-state index contributed by atoms with van der Waals surface area (Å²) in [5.41, 5.74) is 3.71. The maximum Gasteiger partial charge on any atom is 0.0438 e. The van der Waals surface area contributed by atoms with Gasteiger partial charge in [0.15, 0.2) is 0 Å². The first-order chi connectivity index (χ1) is 9.20. The van der Waals surface area contributed by atoms with Gasteiger partial charge in [0.2, 0.25) is 0 Å². The van der Waals surface area contributed by atoms with E-state index in [4.69, 9.17) is 11.6 Å². The van der Waals surface area contributed by atoms with Gasteiger partial charge in [-0.15, -0.1) is 0 Å². The summed E-state index contributed by atoms with van der Waals surface area (Å²) in [6.07, 6.45) is 0.980. The second kappa shape index (κ2) is 6.74. The summed E-state index contributed by atoms with van der Waals surface area (Å²) >= 11 is 6.23. The summed E-state index contributed by atoms with van der Waals surface area (Å²) in [5, 5.41) is 4.38. The average Bonchev–Trinajstić information content (AvgIpc) is 2.43. The molecule has 19 heavy (non-hydrogen) atoms. The molecule has 0 spiro atoms. The molecule has 1 nitrogen and oxygen atoms in total. The summed E-state index contributed by atoms with van der Waals surface area (Å²) in [6, 6.07) is 17.2. The van der Waals surface area contributed by atoms with Gasteiger partial charge < -0.3 is 5.32 Å². The van der Waals surface area contributed by atoms with E-state index >= 15 is 0 Å². The van der Waals surface area contributed by atoms with Crippen molar-refractivity contribution in [2.75, 3.05) is 6.54 Å². The molecule has 0 saturated carbocycles. The fraction of sp³-hybridized carbons (Fsp3) is 0.294. The molecular formula is C17H20ClN. The number of aryl methyl sites for hydroxylation is 1. The highest BCUT2D eigenvalue weighted by Gasteiger charge is 2.12. The molecule has 0 saturated heterocycles. The lowest BCUT2D eigenvalue weighted by molar-refractivity contribution is 0.550. The molecule has 2 heteroatoms. The van der Waals surface area contributed by atoms with E-state index in [2.05, 4.69) is 60.8 Å². The van der Waals surface area contributed by atoms with E-state index in [1.54, 1.807) is 0 Å². The van der Waals surface area contributed by atoms with Crippen LogP contribution in [0.15, 0.2) is 48.5 Å². The lowest BCUT2D eigenvalue weighted by Crippen LogP contribution is -2.23. The highest BCUT2D eigenvalue weighted by atomic mass is 35.5. The highest BCUT2D eigenvalue weighted by molar-refractivity contribution is 6.31. The molecule has 0 aliphatic carbocycles. The van der Waals surface area contributed by atoms with Crippen LogP contribution < -0.4 is 5.32 Å². The second-order valence-electron chi connectivity index (χ2n) is 4.81. The third-order valence-electron chi connectivity index (χ3n) is 3.33. The van der Waals surface area contributed by atoms with Gasteiger partial charge in [-0.05, 0) is 42.6 Å². The minimum Gasteiger partial charge on any atom is -0.310 e. The van der Waals surface area contributed by atoms with Crippen LogP contribution in [0.1, 0.15) is 29.7 Å². The molecule has 0 fully saturated rings. The number of nitrogens with one attached hydrogen (secondary N) is 1. The van der Waals surface area contributed by atoms with Crippen LogP contribution in [-0.4, -0.2) is 6.54 Å². The van der Waals surface area contributed by atoms with Crippen LogP contribution >= 0.6 is 11.6 Å². The van der Waals surface area contributed by atoms with Crippen LogP contribution in [0.2, 0.25) is 5.02 Å². The first kappa shape index (κ1) is 14.1. The number of hydrogen-bond acceptors (Lipinski definition) is 1. The first-order valence-electron chi connectivity index (χ1n) is 6.74.